The Morgan fingerprint density at radius 2 is 0.625 bits per heavy atom. The lowest BCUT2D eigenvalue weighted by molar-refractivity contribution is 0.663. The molecule has 2 heterocycles. The molecule has 0 saturated carbocycles. The minimum atomic E-state index is 0.829. The Bertz CT molecular complexity index is 4540. The molecule has 0 unspecified atom stereocenters. The van der Waals surface area contributed by atoms with E-state index in [4.69, 9.17) is 8.83 Å². The van der Waals surface area contributed by atoms with Crippen LogP contribution in [0.25, 0.3) is 110 Å². The predicted octanol–water partition coefficient (Wildman–Crippen LogP) is 22.0. The molecule has 0 fully saturated rings. The highest BCUT2D eigenvalue weighted by Gasteiger charge is 2.24. The Balaban J connectivity index is 0.855. The number of para-hydroxylation sites is 2. The Morgan fingerprint density at radius 1 is 0.250 bits per heavy atom. The number of benzene rings is 13. The predicted molar refractivity (Wildman–Crippen MR) is 337 cm³/mol. The summed E-state index contributed by atoms with van der Waals surface area (Å²) in [5, 5.41) is 8.67. The molecule has 0 saturated heterocycles. The van der Waals surface area contributed by atoms with Crippen LogP contribution < -0.4 is 9.80 Å². The van der Waals surface area contributed by atoms with Crippen molar-refractivity contribution >= 4 is 99.5 Å². The van der Waals surface area contributed by atoms with Crippen LogP contribution in [0.15, 0.2) is 288 Å². The number of hydrogen-bond donors (Lipinski definition) is 0. The maximum absolute atomic E-state index is 6.84. The monoisotopic (exact) mass is 1020 g/mol. The van der Waals surface area contributed by atoms with Gasteiger partial charge in [-0.15, -0.1) is 0 Å². The van der Waals surface area contributed by atoms with Gasteiger partial charge in [-0.2, -0.15) is 0 Å². The van der Waals surface area contributed by atoms with Crippen molar-refractivity contribution < 1.29 is 8.83 Å². The molecule has 0 aliphatic carbocycles. The normalized spacial score (nSPS) is 11.6. The van der Waals surface area contributed by atoms with Crippen LogP contribution in [0.4, 0.5) is 34.1 Å². The van der Waals surface area contributed by atoms with Gasteiger partial charge in [0.1, 0.15) is 22.3 Å². The fourth-order valence-electron chi connectivity index (χ4n) is 12.1. The first-order chi connectivity index (χ1) is 39.5. The average Bonchev–Trinajstić information content (AvgIpc) is 4.17. The molecular formula is C76H52N2O2. The minimum Gasteiger partial charge on any atom is -0.456 e. The van der Waals surface area contributed by atoms with Gasteiger partial charge in [0, 0.05) is 55.4 Å². The van der Waals surface area contributed by atoms with E-state index in [0.29, 0.717) is 0 Å². The molecule has 0 aliphatic rings. The van der Waals surface area contributed by atoms with E-state index in [0.717, 1.165) is 122 Å². The lowest BCUT2D eigenvalue weighted by atomic mass is 9.95. The fourth-order valence-corrected chi connectivity index (χ4v) is 12.1. The van der Waals surface area contributed by atoms with Crippen molar-refractivity contribution in [2.24, 2.45) is 0 Å². The van der Waals surface area contributed by atoms with E-state index in [1.54, 1.807) is 0 Å². The summed E-state index contributed by atoms with van der Waals surface area (Å²) >= 11 is 0. The SMILES string of the molecule is Cc1ccccc1N(c1ccc2cc3c(cc2c1)oc1ccc2oc4cc5cc(N(c6ccccc6C)c6ccc(-c7ccccc7)cc6-c6ccccc6)ccc5cc4c2c13)c1ccc(-c2ccccc2)cc1-c1ccccc1. The largest absolute Gasteiger partial charge is 0.456 e. The van der Waals surface area contributed by atoms with E-state index in [-0.39, 0.29) is 0 Å². The summed E-state index contributed by atoms with van der Waals surface area (Å²) in [4.78, 5) is 4.82. The molecule has 0 amide bonds. The third kappa shape index (κ3) is 8.08. The van der Waals surface area contributed by atoms with Gasteiger partial charge in [-0.05, 0) is 177 Å². The Kier molecular flexibility index (Phi) is 11.3. The second-order valence-electron chi connectivity index (χ2n) is 20.9. The topological polar surface area (TPSA) is 32.8 Å². The van der Waals surface area contributed by atoms with Crippen LogP contribution in [0.2, 0.25) is 0 Å². The zero-order valence-corrected chi connectivity index (χ0v) is 44.3. The summed E-state index contributed by atoms with van der Waals surface area (Å²) in [5.74, 6) is 0. The number of hydrogen-bond acceptors (Lipinski definition) is 4. The zero-order valence-electron chi connectivity index (χ0n) is 44.3. The molecule has 0 spiro atoms. The van der Waals surface area contributed by atoms with Gasteiger partial charge in [-0.3, -0.25) is 0 Å². The highest BCUT2D eigenvalue weighted by molar-refractivity contribution is 6.28. The molecule has 0 atom stereocenters. The molecule has 15 rings (SSSR count). The maximum atomic E-state index is 6.84. The Hall–Kier alpha value is -10.4. The quantitative estimate of drug-likeness (QED) is 0.137. The van der Waals surface area contributed by atoms with Crippen LogP contribution >= 0.6 is 0 Å². The van der Waals surface area contributed by atoms with Crippen molar-refractivity contribution in [3.8, 4) is 44.5 Å². The average molecular weight is 1030 g/mol. The number of furan rings is 2. The van der Waals surface area contributed by atoms with Crippen LogP contribution in [0.3, 0.4) is 0 Å². The van der Waals surface area contributed by atoms with E-state index >= 15 is 0 Å². The fraction of sp³-hybridized carbons (Fsp3) is 0.0263. The Morgan fingerprint density at radius 3 is 1.02 bits per heavy atom. The van der Waals surface area contributed by atoms with Crippen LogP contribution in [0.5, 0.6) is 0 Å². The molecule has 2 aromatic heterocycles. The number of nitrogens with zero attached hydrogens (tertiary/aromatic N) is 2. The third-order valence-electron chi connectivity index (χ3n) is 16.0. The van der Waals surface area contributed by atoms with E-state index in [9.17, 15) is 0 Å². The molecule has 0 bridgehead atoms. The molecule has 4 nitrogen and oxygen atoms in total. The van der Waals surface area contributed by atoms with Gasteiger partial charge in [-0.1, -0.05) is 182 Å². The van der Waals surface area contributed by atoms with Gasteiger partial charge in [0.25, 0.3) is 0 Å². The van der Waals surface area contributed by atoms with Gasteiger partial charge in [0.05, 0.1) is 11.4 Å². The first-order valence-electron chi connectivity index (χ1n) is 27.4. The Labute approximate surface area is 464 Å². The zero-order chi connectivity index (χ0) is 53.3. The third-order valence-corrected chi connectivity index (χ3v) is 16.0. The first kappa shape index (κ1) is 46.8. The van der Waals surface area contributed by atoms with Crippen molar-refractivity contribution in [2.75, 3.05) is 9.80 Å². The second kappa shape index (κ2) is 19.2. The highest BCUT2D eigenvalue weighted by Crippen LogP contribution is 2.48. The smallest absolute Gasteiger partial charge is 0.136 e. The van der Waals surface area contributed by atoms with Crippen LogP contribution in [-0.4, -0.2) is 0 Å². The van der Waals surface area contributed by atoms with Gasteiger partial charge in [0.2, 0.25) is 0 Å². The molecule has 378 valence electrons. The van der Waals surface area contributed by atoms with Gasteiger partial charge in [-0.25, -0.2) is 0 Å². The molecule has 15 aromatic rings. The number of anilines is 6. The number of rotatable bonds is 10. The number of fused-ring (bicyclic) bond motifs is 9. The minimum absolute atomic E-state index is 0.829. The van der Waals surface area contributed by atoms with Crippen molar-refractivity contribution in [3.05, 3.63) is 290 Å². The summed E-state index contributed by atoms with van der Waals surface area (Å²) in [7, 11) is 0. The molecule has 0 aliphatic heterocycles. The van der Waals surface area contributed by atoms with Crippen LogP contribution in [0.1, 0.15) is 11.1 Å². The molecule has 80 heavy (non-hydrogen) atoms. The number of aryl methyl sites for hydroxylation is 2. The summed E-state index contributed by atoms with van der Waals surface area (Å²) in [5.41, 5.74) is 21.6. The summed E-state index contributed by atoms with van der Waals surface area (Å²) in [6.45, 7) is 4.38. The van der Waals surface area contributed by atoms with Gasteiger partial charge < -0.3 is 18.6 Å². The molecule has 4 heteroatoms. The summed E-state index contributed by atoms with van der Waals surface area (Å²) in [6.07, 6.45) is 0. The molecule has 13 aromatic carbocycles. The highest BCUT2D eigenvalue weighted by atomic mass is 16.3. The summed E-state index contributed by atoms with van der Waals surface area (Å²) < 4.78 is 13.7. The maximum Gasteiger partial charge on any atom is 0.136 e. The lowest BCUT2D eigenvalue weighted by Crippen LogP contribution is -2.12. The standard InChI is InChI=1S/C76H52N2O2/c1-49-19-15-17-29-67(49)77(69-37-33-55(51-21-7-3-8-22-51)43-63(69)53-25-11-5-12-26-53)61-35-31-57-45-65-73(47-59(57)41-61)79-71-39-40-72-76(75(65)71)66-46-58-32-36-62(42-60(58)48-74(66)80-72)78(68-30-18-16-20-50(68)2)70-38-34-56(52-23-9-4-10-24-52)44-64(70)54-27-13-6-14-28-54/h3-48H,1-2H3. The van der Waals surface area contributed by atoms with Crippen molar-refractivity contribution in [2.45, 2.75) is 13.8 Å². The molecular weight excluding hydrogens is 973 g/mol. The van der Waals surface area contributed by atoms with E-state index in [1.807, 2.05) is 0 Å². The summed E-state index contributed by atoms with van der Waals surface area (Å²) in [6, 6.07) is 101. The van der Waals surface area contributed by atoms with Gasteiger partial charge in [0.15, 0.2) is 0 Å². The van der Waals surface area contributed by atoms with E-state index in [1.165, 1.54) is 33.4 Å². The van der Waals surface area contributed by atoms with Gasteiger partial charge >= 0.3 is 0 Å². The van der Waals surface area contributed by atoms with E-state index < -0.39 is 0 Å². The molecule has 0 N–H and O–H groups in total. The van der Waals surface area contributed by atoms with Crippen molar-refractivity contribution in [3.63, 3.8) is 0 Å². The lowest BCUT2D eigenvalue weighted by Gasteiger charge is -2.30. The van der Waals surface area contributed by atoms with E-state index in [2.05, 4.69) is 303 Å². The first-order valence-corrected chi connectivity index (χ1v) is 27.4. The van der Waals surface area contributed by atoms with Crippen molar-refractivity contribution in [1.29, 1.82) is 0 Å². The van der Waals surface area contributed by atoms with Crippen molar-refractivity contribution in [1.82, 2.24) is 0 Å². The van der Waals surface area contributed by atoms with Crippen LogP contribution in [-0.2, 0) is 0 Å². The van der Waals surface area contributed by atoms with Crippen LogP contribution in [0, 0.1) is 13.8 Å². The second-order valence-corrected chi connectivity index (χ2v) is 20.9. The molecule has 0 radical (unpaired) electrons.